The number of amides is 1. The largest absolute Gasteiger partial charge is 0.482 e. The van der Waals surface area contributed by atoms with Crippen molar-refractivity contribution in [3.8, 4) is 5.75 Å². The summed E-state index contributed by atoms with van der Waals surface area (Å²) in [5, 5.41) is 13.5. The quantitative estimate of drug-likeness (QED) is 0.566. The molecule has 0 aromatic heterocycles. The summed E-state index contributed by atoms with van der Waals surface area (Å²) in [7, 11) is 0. The molecule has 0 bridgehead atoms. The lowest BCUT2D eigenvalue weighted by Gasteiger charge is -2.16. The third kappa shape index (κ3) is 4.69. The molecule has 1 amide bonds. The first-order valence-electron chi connectivity index (χ1n) is 6.99. The van der Waals surface area contributed by atoms with Gasteiger partial charge in [-0.1, -0.05) is 45.7 Å². The zero-order valence-corrected chi connectivity index (χ0v) is 15.0. The molecule has 2 aromatic rings. The number of nitrogens with one attached hydrogen (secondary N) is 1. The number of nitro benzene ring substituents is 1. The molecule has 24 heavy (non-hydrogen) atoms. The molecule has 1 N–H and O–H groups in total. The molecule has 2 rings (SSSR count). The Labute approximate surface area is 152 Å². The molecule has 1 atom stereocenters. The monoisotopic (exact) mass is 412 g/mol. The SMILES string of the molecule is C[C@H](NC(=O)COc1ccc([N+](=O)[O-])cc1Cl)c1ccccc1Br. The smallest absolute Gasteiger partial charge is 0.271 e. The molecule has 0 heterocycles. The van der Waals surface area contributed by atoms with Gasteiger partial charge in [-0.3, -0.25) is 14.9 Å². The minimum absolute atomic E-state index is 0.0795. The van der Waals surface area contributed by atoms with Crippen LogP contribution in [0.15, 0.2) is 46.9 Å². The van der Waals surface area contributed by atoms with Gasteiger partial charge in [0, 0.05) is 16.6 Å². The van der Waals surface area contributed by atoms with Crippen molar-refractivity contribution in [2.75, 3.05) is 6.61 Å². The van der Waals surface area contributed by atoms with Crippen molar-refractivity contribution in [3.05, 3.63) is 67.6 Å². The van der Waals surface area contributed by atoms with E-state index in [2.05, 4.69) is 21.2 Å². The summed E-state index contributed by atoms with van der Waals surface area (Å²) in [6, 6.07) is 11.2. The number of hydrogen-bond donors (Lipinski definition) is 1. The molecule has 0 aliphatic heterocycles. The van der Waals surface area contributed by atoms with E-state index in [4.69, 9.17) is 16.3 Å². The number of rotatable bonds is 6. The third-order valence-corrected chi connectivity index (χ3v) is 4.25. The molecular formula is C16H14BrClN2O4. The number of carbonyl (C=O) groups is 1. The van der Waals surface area contributed by atoms with E-state index in [1.54, 1.807) is 0 Å². The van der Waals surface area contributed by atoms with E-state index in [0.717, 1.165) is 10.0 Å². The Bertz CT molecular complexity index is 769. The molecule has 8 heteroatoms. The molecule has 0 fully saturated rings. The van der Waals surface area contributed by atoms with E-state index in [9.17, 15) is 14.9 Å². The average Bonchev–Trinajstić information content (AvgIpc) is 2.53. The Morgan fingerprint density at radius 3 is 2.71 bits per heavy atom. The third-order valence-electron chi connectivity index (χ3n) is 3.23. The van der Waals surface area contributed by atoms with Crippen molar-refractivity contribution in [3.63, 3.8) is 0 Å². The number of benzene rings is 2. The van der Waals surface area contributed by atoms with Gasteiger partial charge in [-0.15, -0.1) is 0 Å². The standard InChI is InChI=1S/C16H14BrClN2O4/c1-10(12-4-2-3-5-13(12)17)19-16(21)9-24-15-7-6-11(20(22)23)8-14(15)18/h2-8,10H,9H2,1H3,(H,19,21)/t10-/m0/s1. The van der Waals surface area contributed by atoms with Gasteiger partial charge >= 0.3 is 0 Å². The second-order valence-corrected chi connectivity index (χ2v) is 6.23. The molecule has 0 saturated heterocycles. The maximum absolute atomic E-state index is 12.0. The minimum Gasteiger partial charge on any atom is -0.482 e. The number of nitrogens with zero attached hydrogens (tertiary/aromatic N) is 1. The predicted octanol–water partition coefficient (Wildman–Crippen LogP) is 4.27. The molecule has 6 nitrogen and oxygen atoms in total. The van der Waals surface area contributed by atoms with E-state index in [-0.39, 0.29) is 35.0 Å². The van der Waals surface area contributed by atoms with Crippen molar-refractivity contribution in [2.45, 2.75) is 13.0 Å². The molecule has 0 unspecified atom stereocenters. The van der Waals surface area contributed by atoms with Gasteiger partial charge in [0.25, 0.3) is 11.6 Å². The Morgan fingerprint density at radius 1 is 1.38 bits per heavy atom. The van der Waals surface area contributed by atoms with Gasteiger partial charge in [-0.2, -0.15) is 0 Å². The molecule has 2 aromatic carbocycles. The van der Waals surface area contributed by atoms with Crippen LogP contribution in [0.25, 0.3) is 0 Å². The van der Waals surface area contributed by atoms with Crippen LogP contribution >= 0.6 is 27.5 Å². The Kier molecular flexibility index (Phi) is 6.16. The summed E-state index contributed by atoms with van der Waals surface area (Å²) in [4.78, 5) is 22.1. The molecule has 0 spiro atoms. The highest BCUT2D eigenvalue weighted by Gasteiger charge is 2.14. The number of ether oxygens (including phenoxy) is 1. The zero-order chi connectivity index (χ0) is 17.7. The minimum atomic E-state index is -0.554. The van der Waals surface area contributed by atoms with Crippen LogP contribution in [0.5, 0.6) is 5.75 Å². The fraction of sp³-hybridized carbons (Fsp3) is 0.188. The van der Waals surface area contributed by atoms with E-state index in [0.29, 0.717) is 0 Å². The van der Waals surface area contributed by atoms with Crippen LogP contribution in [-0.4, -0.2) is 17.4 Å². The first-order chi connectivity index (χ1) is 11.4. The molecule has 0 radical (unpaired) electrons. The number of nitro groups is 1. The molecule has 0 aliphatic carbocycles. The highest BCUT2D eigenvalue weighted by Crippen LogP contribution is 2.28. The fourth-order valence-electron chi connectivity index (χ4n) is 2.05. The first-order valence-corrected chi connectivity index (χ1v) is 8.16. The van der Waals surface area contributed by atoms with Crippen LogP contribution in [-0.2, 0) is 4.79 Å². The van der Waals surface area contributed by atoms with Crippen LogP contribution in [0.1, 0.15) is 18.5 Å². The summed E-state index contributed by atoms with van der Waals surface area (Å²) in [5.41, 5.74) is 0.804. The van der Waals surface area contributed by atoms with E-state index < -0.39 is 4.92 Å². The topological polar surface area (TPSA) is 81.5 Å². The normalized spacial score (nSPS) is 11.6. The van der Waals surface area contributed by atoms with Gasteiger partial charge in [-0.25, -0.2) is 0 Å². The molecule has 126 valence electrons. The van der Waals surface area contributed by atoms with Crippen LogP contribution in [0.2, 0.25) is 5.02 Å². The van der Waals surface area contributed by atoms with E-state index >= 15 is 0 Å². The summed E-state index contributed by atoms with van der Waals surface area (Å²) >= 11 is 9.35. The summed E-state index contributed by atoms with van der Waals surface area (Å²) in [6.45, 7) is 1.61. The van der Waals surface area contributed by atoms with Gasteiger partial charge in [-0.05, 0) is 24.6 Å². The van der Waals surface area contributed by atoms with Crippen molar-refractivity contribution < 1.29 is 14.5 Å². The Morgan fingerprint density at radius 2 is 2.08 bits per heavy atom. The number of carbonyl (C=O) groups excluding carboxylic acids is 1. The van der Waals surface area contributed by atoms with Crippen molar-refractivity contribution in [1.82, 2.24) is 5.32 Å². The summed E-state index contributed by atoms with van der Waals surface area (Å²) in [5.74, 6) is -0.112. The van der Waals surface area contributed by atoms with Crippen molar-refractivity contribution in [2.24, 2.45) is 0 Å². The van der Waals surface area contributed by atoms with Gasteiger partial charge in [0.1, 0.15) is 5.75 Å². The first kappa shape index (κ1) is 18.2. The fourth-order valence-corrected chi connectivity index (χ4v) is 2.91. The number of non-ortho nitro benzene ring substituents is 1. The second-order valence-electron chi connectivity index (χ2n) is 4.97. The Hall–Kier alpha value is -2.12. The predicted molar refractivity (Wildman–Crippen MR) is 94.3 cm³/mol. The van der Waals surface area contributed by atoms with Gasteiger partial charge in [0.15, 0.2) is 6.61 Å². The van der Waals surface area contributed by atoms with E-state index in [1.807, 2.05) is 31.2 Å². The second kappa shape index (κ2) is 8.12. The van der Waals surface area contributed by atoms with Crippen molar-refractivity contribution >= 4 is 39.1 Å². The lowest BCUT2D eigenvalue weighted by molar-refractivity contribution is -0.384. The van der Waals surface area contributed by atoms with Crippen LogP contribution < -0.4 is 10.1 Å². The van der Waals surface area contributed by atoms with Crippen molar-refractivity contribution in [1.29, 1.82) is 0 Å². The number of halogens is 2. The van der Waals surface area contributed by atoms with E-state index in [1.165, 1.54) is 18.2 Å². The van der Waals surface area contributed by atoms with Gasteiger partial charge in [0.05, 0.1) is 16.0 Å². The van der Waals surface area contributed by atoms with Gasteiger partial charge < -0.3 is 10.1 Å². The number of hydrogen-bond acceptors (Lipinski definition) is 4. The lowest BCUT2D eigenvalue weighted by atomic mass is 10.1. The average molecular weight is 414 g/mol. The highest BCUT2D eigenvalue weighted by atomic mass is 79.9. The highest BCUT2D eigenvalue weighted by molar-refractivity contribution is 9.10. The maximum Gasteiger partial charge on any atom is 0.271 e. The Balaban J connectivity index is 1.94. The maximum atomic E-state index is 12.0. The molecule has 0 aliphatic rings. The summed E-state index contributed by atoms with van der Waals surface area (Å²) < 4.78 is 6.22. The zero-order valence-electron chi connectivity index (χ0n) is 12.7. The molecule has 0 saturated carbocycles. The van der Waals surface area contributed by atoms with Crippen LogP contribution in [0.4, 0.5) is 5.69 Å². The van der Waals surface area contributed by atoms with Crippen LogP contribution in [0, 0.1) is 10.1 Å². The van der Waals surface area contributed by atoms with Crippen LogP contribution in [0.3, 0.4) is 0 Å². The lowest BCUT2D eigenvalue weighted by Crippen LogP contribution is -2.31. The molecular weight excluding hydrogens is 400 g/mol. The van der Waals surface area contributed by atoms with Gasteiger partial charge in [0.2, 0.25) is 0 Å². The summed E-state index contributed by atoms with van der Waals surface area (Å²) in [6.07, 6.45) is 0.